The van der Waals surface area contributed by atoms with E-state index in [0.717, 1.165) is 12.8 Å². The Bertz CT molecular complexity index is 393. The van der Waals surface area contributed by atoms with Gasteiger partial charge in [-0.1, -0.05) is 36.5 Å². The lowest BCUT2D eigenvalue weighted by Gasteiger charge is -1.87. The van der Waals surface area contributed by atoms with Gasteiger partial charge in [0, 0.05) is 6.42 Å². The average Bonchev–Trinajstić information content (AvgIpc) is 2.30. The van der Waals surface area contributed by atoms with Gasteiger partial charge in [-0.05, 0) is 6.42 Å². The minimum Gasteiger partial charge on any atom is -0.481 e. The third kappa shape index (κ3) is 14.5. The van der Waals surface area contributed by atoms with Crippen molar-refractivity contribution in [2.45, 2.75) is 32.6 Å². The molecule has 1 N–H and O–H groups in total. The summed E-state index contributed by atoms with van der Waals surface area (Å²) in [6, 6.07) is 0. The number of unbranched alkanes of at least 4 members (excludes halogenated alkanes) is 1. The van der Waals surface area contributed by atoms with E-state index in [2.05, 4.69) is 42.4 Å². The second-order valence-electron chi connectivity index (χ2n) is 3.05. The molecule has 0 aromatic carbocycles. The predicted octanol–water partition coefficient (Wildman–Crippen LogP) is 2.39. The summed E-state index contributed by atoms with van der Waals surface area (Å²) in [4.78, 5) is 10.2. The zero-order valence-corrected chi connectivity index (χ0v) is 10.8. The molecule has 0 heterocycles. The Morgan fingerprint density at radius 3 is 2.24 bits per heavy atom. The van der Waals surface area contributed by atoms with Gasteiger partial charge in [-0.25, -0.2) is 0 Å². The Hall–Kier alpha value is -1.50. The Morgan fingerprint density at radius 1 is 1.06 bits per heavy atom. The molecule has 0 aliphatic heterocycles. The molecule has 0 rings (SSSR count). The van der Waals surface area contributed by atoms with Crippen molar-refractivity contribution in [1.29, 1.82) is 0 Å². The quantitative estimate of drug-likeness (QED) is 0.613. The lowest BCUT2D eigenvalue weighted by atomic mass is 10.3. The van der Waals surface area contributed by atoms with Gasteiger partial charge in [-0.3, -0.25) is 4.79 Å². The van der Waals surface area contributed by atoms with Crippen molar-refractivity contribution in [2.75, 3.05) is 11.5 Å². The molecule has 0 saturated carbocycles. The third-order valence-electron chi connectivity index (χ3n) is 1.50. The molecule has 0 aromatic rings. The maximum atomic E-state index is 10.2. The molecule has 0 aliphatic rings. The van der Waals surface area contributed by atoms with E-state index in [4.69, 9.17) is 5.11 Å². The molecule has 0 amide bonds. The molecule has 0 fully saturated rings. The smallest absolute Gasteiger partial charge is 0.313 e. The molecule has 17 heavy (non-hydrogen) atoms. The second-order valence-corrected chi connectivity index (χ2v) is 4.04. The Kier molecular flexibility index (Phi) is 11.5. The van der Waals surface area contributed by atoms with Gasteiger partial charge in [0.2, 0.25) is 0 Å². The number of aliphatic carboxylic acids is 1. The monoisotopic (exact) mass is 248 g/mol. The lowest BCUT2D eigenvalue weighted by Crippen LogP contribution is -1.97. The molecular formula is C14H16O2S. The summed E-state index contributed by atoms with van der Waals surface area (Å²) in [5.74, 6) is 17.4. The van der Waals surface area contributed by atoms with Crippen LogP contribution >= 0.6 is 11.8 Å². The van der Waals surface area contributed by atoms with Gasteiger partial charge in [0.25, 0.3) is 0 Å². The third-order valence-corrected chi connectivity index (χ3v) is 2.30. The number of carboxylic acid groups (broad SMARTS) is 1. The predicted molar refractivity (Wildman–Crippen MR) is 72.4 cm³/mol. The van der Waals surface area contributed by atoms with Crippen LogP contribution in [0.1, 0.15) is 32.6 Å². The highest BCUT2D eigenvalue weighted by atomic mass is 32.2. The molecule has 2 nitrogen and oxygen atoms in total. The summed E-state index contributed by atoms with van der Waals surface area (Å²) < 4.78 is 0. The van der Waals surface area contributed by atoms with Crippen molar-refractivity contribution in [1.82, 2.24) is 0 Å². The summed E-state index contributed by atoms with van der Waals surface area (Å²) in [5, 5.41) is 8.37. The van der Waals surface area contributed by atoms with Gasteiger partial charge >= 0.3 is 5.97 Å². The van der Waals surface area contributed by atoms with Crippen molar-refractivity contribution in [3.05, 3.63) is 0 Å². The Labute approximate surface area is 108 Å². The van der Waals surface area contributed by atoms with E-state index >= 15 is 0 Å². The fraction of sp³-hybridized carbons (Fsp3) is 0.500. The summed E-state index contributed by atoms with van der Waals surface area (Å²) in [5.41, 5.74) is 0. The molecule has 0 saturated heterocycles. The van der Waals surface area contributed by atoms with Crippen molar-refractivity contribution in [3.63, 3.8) is 0 Å². The van der Waals surface area contributed by atoms with Gasteiger partial charge in [-0.15, -0.1) is 17.7 Å². The Morgan fingerprint density at radius 2 is 1.65 bits per heavy atom. The largest absolute Gasteiger partial charge is 0.481 e. The first-order valence-corrected chi connectivity index (χ1v) is 6.59. The highest BCUT2D eigenvalue weighted by molar-refractivity contribution is 8.00. The number of thioether (sulfide) groups is 1. The summed E-state index contributed by atoms with van der Waals surface area (Å²) in [7, 11) is 0. The number of carboxylic acids is 1. The number of hydrogen-bond donors (Lipinski definition) is 1. The standard InChI is InChI=1S/C14H16O2S/c1-2-3-4-5-6-7-8-9-10-11-12-17-13-14(15)16/h2-3,6,9,12-13H2,1H3,(H,15,16). The molecule has 0 unspecified atom stereocenters. The van der Waals surface area contributed by atoms with Crippen molar-refractivity contribution >= 4 is 17.7 Å². The van der Waals surface area contributed by atoms with Crippen LogP contribution in [-0.4, -0.2) is 22.6 Å². The van der Waals surface area contributed by atoms with Crippen molar-refractivity contribution < 1.29 is 9.90 Å². The van der Waals surface area contributed by atoms with Gasteiger partial charge in [0.1, 0.15) is 0 Å². The van der Waals surface area contributed by atoms with Crippen LogP contribution in [0.4, 0.5) is 0 Å². The van der Waals surface area contributed by atoms with Gasteiger partial charge < -0.3 is 5.11 Å². The zero-order chi connectivity index (χ0) is 12.8. The van der Waals surface area contributed by atoms with Crippen LogP contribution in [0, 0.1) is 35.5 Å². The van der Waals surface area contributed by atoms with E-state index in [9.17, 15) is 4.79 Å². The minimum absolute atomic E-state index is 0.105. The van der Waals surface area contributed by atoms with Crippen molar-refractivity contribution in [3.8, 4) is 35.5 Å². The molecule has 90 valence electrons. The molecule has 0 aromatic heterocycles. The van der Waals surface area contributed by atoms with Gasteiger partial charge in [0.15, 0.2) is 0 Å². The fourth-order valence-corrected chi connectivity index (χ4v) is 1.27. The zero-order valence-electron chi connectivity index (χ0n) is 10.0. The van der Waals surface area contributed by atoms with E-state index < -0.39 is 5.97 Å². The summed E-state index contributed by atoms with van der Waals surface area (Å²) >= 11 is 1.30. The van der Waals surface area contributed by atoms with Crippen LogP contribution in [0.3, 0.4) is 0 Å². The lowest BCUT2D eigenvalue weighted by molar-refractivity contribution is -0.133. The normalized spacial score (nSPS) is 7.82. The number of rotatable bonds is 4. The highest BCUT2D eigenvalue weighted by Gasteiger charge is 1.92. The van der Waals surface area contributed by atoms with Crippen LogP contribution in [0.2, 0.25) is 0 Å². The van der Waals surface area contributed by atoms with Crippen LogP contribution in [0.15, 0.2) is 0 Å². The van der Waals surface area contributed by atoms with Crippen molar-refractivity contribution in [2.24, 2.45) is 0 Å². The summed E-state index contributed by atoms with van der Waals surface area (Å²) in [6.45, 7) is 2.10. The minimum atomic E-state index is -0.803. The van der Waals surface area contributed by atoms with E-state index in [0.29, 0.717) is 18.6 Å². The topological polar surface area (TPSA) is 37.3 Å². The molecule has 0 spiro atoms. The van der Waals surface area contributed by atoms with E-state index in [1.807, 2.05) is 0 Å². The van der Waals surface area contributed by atoms with Gasteiger partial charge in [-0.2, -0.15) is 0 Å². The maximum absolute atomic E-state index is 10.2. The first kappa shape index (κ1) is 15.5. The number of hydrogen-bond acceptors (Lipinski definition) is 2. The van der Waals surface area contributed by atoms with Gasteiger partial charge in [0.05, 0.1) is 24.3 Å². The molecule has 0 aliphatic carbocycles. The fourth-order valence-electron chi connectivity index (χ4n) is 0.792. The molecule has 3 heteroatoms. The SMILES string of the molecule is CCCC#CCC#CCC#CCSCC(=O)O. The summed E-state index contributed by atoms with van der Waals surface area (Å²) in [6.07, 6.45) is 3.15. The van der Waals surface area contributed by atoms with E-state index in [-0.39, 0.29) is 5.75 Å². The van der Waals surface area contributed by atoms with Crippen LogP contribution in [-0.2, 0) is 4.79 Å². The number of carbonyl (C=O) groups is 1. The Balaban J connectivity index is 3.50. The molecule has 0 atom stereocenters. The van der Waals surface area contributed by atoms with Crippen LogP contribution < -0.4 is 0 Å². The highest BCUT2D eigenvalue weighted by Crippen LogP contribution is 1.96. The maximum Gasteiger partial charge on any atom is 0.313 e. The molecule has 0 radical (unpaired) electrons. The first-order valence-electron chi connectivity index (χ1n) is 5.44. The van der Waals surface area contributed by atoms with E-state index in [1.54, 1.807) is 0 Å². The van der Waals surface area contributed by atoms with Crippen LogP contribution in [0.5, 0.6) is 0 Å². The second kappa shape index (κ2) is 12.6. The van der Waals surface area contributed by atoms with Crippen LogP contribution in [0.25, 0.3) is 0 Å². The molecule has 0 bridgehead atoms. The molecular weight excluding hydrogens is 232 g/mol. The van der Waals surface area contributed by atoms with E-state index in [1.165, 1.54) is 11.8 Å². The first-order chi connectivity index (χ1) is 8.27. The average molecular weight is 248 g/mol.